The molecule has 2 amide bonds. The number of hydrogen-bond acceptors (Lipinski definition) is 6. The van der Waals surface area contributed by atoms with Crippen LogP contribution in [-0.2, 0) is 15.8 Å². The zero-order valence-corrected chi connectivity index (χ0v) is 22.5. The van der Waals surface area contributed by atoms with E-state index in [9.17, 15) is 32.7 Å². The van der Waals surface area contributed by atoms with Crippen LogP contribution in [-0.4, -0.2) is 33.7 Å². The van der Waals surface area contributed by atoms with E-state index >= 15 is 0 Å². The number of amides is 2. The number of alkyl halides is 3. The van der Waals surface area contributed by atoms with Crippen LogP contribution in [0.2, 0.25) is 0 Å². The van der Waals surface area contributed by atoms with Gasteiger partial charge in [0.2, 0.25) is 5.91 Å². The number of nitrogens with zero attached hydrogens (tertiary/aromatic N) is 1. The summed E-state index contributed by atoms with van der Waals surface area (Å²) in [7, 11) is 0. The van der Waals surface area contributed by atoms with E-state index in [0.29, 0.717) is 11.1 Å². The van der Waals surface area contributed by atoms with E-state index in [1.807, 2.05) is 19.9 Å². The van der Waals surface area contributed by atoms with Crippen LogP contribution in [0.1, 0.15) is 60.7 Å². The maximum Gasteiger partial charge on any atom is 0.417 e. The summed E-state index contributed by atoms with van der Waals surface area (Å²) in [6.45, 7) is 6.26. The third-order valence-electron chi connectivity index (χ3n) is 5.56. The number of phenols is 1. The lowest BCUT2D eigenvalue weighted by atomic mass is 9.89. The van der Waals surface area contributed by atoms with Gasteiger partial charge in [-0.25, -0.2) is 4.79 Å². The van der Waals surface area contributed by atoms with E-state index in [4.69, 9.17) is 15.8 Å². The van der Waals surface area contributed by atoms with Gasteiger partial charge in [-0.3, -0.25) is 15.0 Å². The minimum Gasteiger partial charge on any atom is -0.508 e. The van der Waals surface area contributed by atoms with Gasteiger partial charge >= 0.3 is 12.1 Å². The van der Waals surface area contributed by atoms with Crippen LogP contribution >= 0.6 is 0 Å². The molecule has 0 aliphatic carbocycles. The van der Waals surface area contributed by atoms with Crippen molar-refractivity contribution >= 4 is 34.9 Å². The molecule has 0 radical (unpaired) electrons. The monoisotopic (exact) mass is 568 g/mol. The van der Waals surface area contributed by atoms with E-state index in [-0.39, 0.29) is 45.4 Å². The summed E-state index contributed by atoms with van der Waals surface area (Å²) in [5.74, 6) is -2.50. The topological polar surface area (TPSA) is 163 Å². The Hall–Kier alpha value is -5.18. The van der Waals surface area contributed by atoms with Crippen molar-refractivity contribution in [1.29, 1.82) is 10.7 Å². The number of rotatable bonds is 6. The van der Waals surface area contributed by atoms with Crippen molar-refractivity contribution in [3.05, 3.63) is 76.9 Å². The normalized spacial score (nSPS) is 10.6. The van der Waals surface area contributed by atoms with Crippen molar-refractivity contribution in [2.75, 3.05) is 10.6 Å². The van der Waals surface area contributed by atoms with Gasteiger partial charge in [-0.1, -0.05) is 26.0 Å². The molecular formula is C29H27F3N4O5. The number of nitriles is 1. The minimum absolute atomic E-state index is 0.0169. The number of carboxylic acid groups (broad SMARTS) is 1. The fourth-order valence-electron chi connectivity index (χ4n) is 3.69. The third kappa shape index (κ3) is 8.66. The molecule has 3 rings (SSSR count). The van der Waals surface area contributed by atoms with E-state index < -0.39 is 29.5 Å². The van der Waals surface area contributed by atoms with E-state index in [1.165, 1.54) is 50.2 Å². The molecule has 0 aliphatic rings. The zero-order chi connectivity index (χ0) is 31.1. The highest BCUT2D eigenvalue weighted by atomic mass is 19.4. The molecule has 9 nitrogen and oxygen atoms in total. The fourth-order valence-corrected chi connectivity index (χ4v) is 3.69. The molecule has 0 atom stereocenters. The lowest BCUT2D eigenvalue weighted by Crippen LogP contribution is -2.20. The molecule has 12 heteroatoms. The lowest BCUT2D eigenvalue weighted by molar-refractivity contribution is -0.137. The second kappa shape index (κ2) is 13.3. The number of nitrogens with one attached hydrogen (secondary N) is 3. The molecule has 0 heterocycles. The first-order chi connectivity index (χ1) is 19.0. The maximum atomic E-state index is 13.5. The summed E-state index contributed by atoms with van der Waals surface area (Å²) < 4.78 is 40.5. The summed E-state index contributed by atoms with van der Waals surface area (Å²) in [5, 5.41) is 39.0. The number of carboxylic acids is 1. The highest BCUT2D eigenvalue weighted by Gasteiger charge is 2.34. The number of benzene rings is 3. The summed E-state index contributed by atoms with van der Waals surface area (Å²) in [4.78, 5) is 33.3. The molecule has 0 saturated heterocycles. The first-order valence-electron chi connectivity index (χ1n) is 12.0. The molecule has 0 aromatic heterocycles. The Labute approximate surface area is 233 Å². The number of aromatic carboxylic acids is 1. The molecule has 0 unspecified atom stereocenters. The highest BCUT2D eigenvalue weighted by Crippen LogP contribution is 2.42. The standard InChI is InChI=1S/C18H18F3NO2.C11H9N3O3/c1-10(2)14-7-5-13(24)9-16(14)15-6-4-12(22-11(3)23)8-17(15)18(19,20)21;1-6(13)10(15)14-9-3-2-7(5-12)4-8(9)11(16)17/h4-10,24H,1-3H3,(H,22,23);2-4,13H,1H3,(H,14,15)(H,16,17). The first-order valence-corrected chi connectivity index (χ1v) is 12.0. The molecule has 0 bridgehead atoms. The molecule has 0 spiro atoms. The van der Waals surface area contributed by atoms with Crippen LogP contribution < -0.4 is 10.6 Å². The minimum atomic E-state index is -4.59. The number of carbonyl (C=O) groups is 3. The third-order valence-corrected chi connectivity index (χ3v) is 5.56. The Bertz CT molecular complexity index is 1540. The van der Waals surface area contributed by atoms with E-state index in [2.05, 4.69) is 10.6 Å². The van der Waals surface area contributed by atoms with Crippen LogP contribution in [0.5, 0.6) is 5.75 Å². The van der Waals surface area contributed by atoms with Crippen molar-refractivity contribution < 1.29 is 37.8 Å². The molecule has 3 aromatic carbocycles. The van der Waals surface area contributed by atoms with Crippen molar-refractivity contribution in [2.45, 2.75) is 39.8 Å². The Kier molecular flexibility index (Phi) is 10.4. The lowest BCUT2D eigenvalue weighted by Gasteiger charge is -2.19. The number of phenolic OH excluding ortho intramolecular Hbond substituents is 1. The van der Waals surface area contributed by atoms with E-state index in [0.717, 1.165) is 12.1 Å². The quantitative estimate of drug-likeness (QED) is 0.216. The maximum absolute atomic E-state index is 13.5. The van der Waals surface area contributed by atoms with Gasteiger partial charge in [0.25, 0.3) is 5.91 Å². The average Bonchev–Trinajstić information content (AvgIpc) is 2.88. The van der Waals surface area contributed by atoms with Gasteiger partial charge in [-0.15, -0.1) is 0 Å². The Morgan fingerprint density at radius 1 is 0.951 bits per heavy atom. The number of hydrogen-bond donors (Lipinski definition) is 5. The zero-order valence-electron chi connectivity index (χ0n) is 22.5. The van der Waals surface area contributed by atoms with Crippen molar-refractivity contribution in [2.24, 2.45) is 0 Å². The average molecular weight is 569 g/mol. The fraction of sp³-hybridized carbons (Fsp3) is 0.207. The summed E-state index contributed by atoms with van der Waals surface area (Å²) >= 11 is 0. The largest absolute Gasteiger partial charge is 0.508 e. The summed E-state index contributed by atoms with van der Waals surface area (Å²) in [6.07, 6.45) is -4.59. The van der Waals surface area contributed by atoms with Gasteiger partial charge in [0.1, 0.15) is 5.75 Å². The summed E-state index contributed by atoms with van der Waals surface area (Å²) in [6, 6.07) is 13.7. The highest BCUT2D eigenvalue weighted by molar-refractivity contribution is 6.41. The van der Waals surface area contributed by atoms with Crippen molar-refractivity contribution in [1.82, 2.24) is 0 Å². The van der Waals surface area contributed by atoms with Gasteiger partial charge in [-0.05, 0) is 72.0 Å². The van der Waals surface area contributed by atoms with Crippen LogP contribution in [0.15, 0.2) is 54.6 Å². The molecule has 41 heavy (non-hydrogen) atoms. The van der Waals surface area contributed by atoms with Crippen LogP contribution in [0.25, 0.3) is 11.1 Å². The molecule has 0 aliphatic heterocycles. The second-order valence-corrected chi connectivity index (χ2v) is 9.12. The van der Waals surface area contributed by atoms with Gasteiger partial charge in [0.15, 0.2) is 0 Å². The summed E-state index contributed by atoms with van der Waals surface area (Å²) in [5.41, 5.74) is 0.0453. The predicted molar refractivity (Wildman–Crippen MR) is 147 cm³/mol. The molecular weight excluding hydrogens is 541 g/mol. The first kappa shape index (κ1) is 32.0. The van der Waals surface area contributed by atoms with Crippen LogP contribution in [0, 0.1) is 16.7 Å². The SMILES string of the molecule is CC(=N)C(=O)Nc1ccc(C#N)cc1C(=O)O.CC(=O)Nc1ccc(-c2cc(O)ccc2C(C)C)c(C(F)(F)F)c1. The molecule has 5 N–H and O–H groups in total. The second-order valence-electron chi connectivity index (χ2n) is 9.12. The molecule has 0 fully saturated rings. The molecule has 214 valence electrons. The van der Waals surface area contributed by atoms with Gasteiger partial charge < -0.3 is 20.8 Å². The smallest absolute Gasteiger partial charge is 0.417 e. The predicted octanol–water partition coefficient (Wildman–Crippen LogP) is 6.39. The van der Waals surface area contributed by atoms with Crippen molar-refractivity contribution in [3.8, 4) is 22.9 Å². The van der Waals surface area contributed by atoms with Gasteiger partial charge in [0.05, 0.1) is 34.2 Å². The van der Waals surface area contributed by atoms with Gasteiger partial charge in [-0.2, -0.15) is 18.4 Å². The molecule has 0 saturated carbocycles. The van der Waals surface area contributed by atoms with Crippen LogP contribution in [0.4, 0.5) is 24.5 Å². The number of carbonyl (C=O) groups excluding carboxylic acids is 2. The van der Waals surface area contributed by atoms with E-state index in [1.54, 1.807) is 6.07 Å². The van der Waals surface area contributed by atoms with Crippen LogP contribution in [0.3, 0.4) is 0 Å². The number of halogens is 3. The Morgan fingerprint density at radius 2 is 1.61 bits per heavy atom. The molecule has 3 aromatic rings. The number of aromatic hydroxyl groups is 1. The van der Waals surface area contributed by atoms with Gasteiger partial charge in [0, 0.05) is 12.6 Å². The Morgan fingerprint density at radius 3 is 2.12 bits per heavy atom. The Balaban J connectivity index is 0.000000305. The number of anilines is 2. The van der Waals surface area contributed by atoms with Crippen molar-refractivity contribution in [3.63, 3.8) is 0 Å².